The number of nitrogens with zero attached hydrogens (tertiary/aromatic N) is 2. The van der Waals surface area contributed by atoms with Crippen molar-refractivity contribution in [2.24, 2.45) is 0 Å². The third kappa shape index (κ3) is 5.34. The molecule has 10 aromatic rings. The predicted molar refractivity (Wildman–Crippen MR) is 232 cm³/mol. The maximum atomic E-state index is 2.43. The molecule has 0 radical (unpaired) electrons. The molecule has 0 N–H and O–H groups in total. The first-order valence-corrected chi connectivity index (χ1v) is 19.0. The van der Waals surface area contributed by atoms with E-state index in [9.17, 15) is 0 Å². The molecule has 0 bridgehead atoms. The lowest BCUT2D eigenvalue weighted by atomic mass is 9.90. The molecule has 11 rings (SSSR count). The normalized spacial score (nSPS) is 12.3. The van der Waals surface area contributed by atoms with Crippen LogP contribution in [0.1, 0.15) is 11.1 Å². The van der Waals surface area contributed by atoms with E-state index in [1.54, 1.807) is 0 Å². The van der Waals surface area contributed by atoms with Crippen LogP contribution in [0, 0.1) is 0 Å². The van der Waals surface area contributed by atoms with Gasteiger partial charge in [-0.1, -0.05) is 133 Å². The molecule has 0 unspecified atom stereocenters. The van der Waals surface area contributed by atoms with E-state index >= 15 is 0 Å². The summed E-state index contributed by atoms with van der Waals surface area (Å²) < 4.78 is 2.40. The van der Waals surface area contributed by atoms with Crippen LogP contribution in [0.15, 0.2) is 206 Å². The van der Waals surface area contributed by atoms with Crippen molar-refractivity contribution in [2.45, 2.75) is 6.42 Å². The number of hydrogen-bond donors (Lipinski definition) is 0. The fraction of sp³-hybridized carbons (Fsp3) is 0.0189. The van der Waals surface area contributed by atoms with Gasteiger partial charge in [-0.25, -0.2) is 0 Å². The number of para-hydroxylation sites is 2. The topological polar surface area (TPSA) is 8.17 Å². The van der Waals surface area contributed by atoms with Crippen LogP contribution in [0.5, 0.6) is 0 Å². The molecule has 0 aliphatic carbocycles. The van der Waals surface area contributed by atoms with Crippen LogP contribution in [0.4, 0.5) is 17.1 Å². The molecule has 1 aliphatic heterocycles. The molecule has 0 saturated heterocycles. The first-order valence-electron chi connectivity index (χ1n) is 19.0. The molecule has 1 aromatic heterocycles. The quantitative estimate of drug-likeness (QED) is 0.174. The molecule has 0 spiro atoms. The third-order valence-corrected chi connectivity index (χ3v) is 11.4. The van der Waals surface area contributed by atoms with Gasteiger partial charge in [0.25, 0.3) is 0 Å². The second-order valence-corrected chi connectivity index (χ2v) is 14.6. The summed E-state index contributed by atoms with van der Waals surface area (Å²) in [5, 5.41) is 5.06. The van der Waals surface area contributed by atoms with Crippen molar-refractivity contribution in [3.8, 4) is 39.1 Å². The van der Waals surface area contributed by atoms with Gasteiger partial charge >= 0.3 is 0 Å². The molecule has 0 fully saturated rings. The van der Waals surface area contributed by atoms with Crippen LogP contribution >= 0.6 is 0 Å². The molecule has 2 nitrogen and oxygen atoms in total. The van der Waals surface area contributed by atoms with Crippen molar-refractivity contribution in [3.05, 3.63) is 217 Å². The molecule has 0 amide bonds. The minimum Gasteiger partial charge on any atom is -0.310 e. The SMILES string of the molecule is c1ccc(-c2ccc3c(c2)c2ccccc2n3-c2ccc(-c3ccc4c(c3)Cc3cc(-c5ccc6ccccc6c5)ccc3N4c3ccccc3)cc2)cc1. The van der Waals surface area contributed by atoms with Gasteiger partial charge in [-0.05, 0) is 128 Å². The summed E-state index contributed by atoms with van der Waals surface area (Å²) in [7, 11) is 0. The van der Waals surface area contributed by atoms with Gasteiger partial charge in [0.15, 0.2) is 0 Å². The summed E-state index contributed by atoms with van der Waals surface area (Å²) in [6.07, 6.45) is 0.869. The zero-order valence-electron chi connectivity index (χ0n) is 30.2. The number of rotatable bonds is 5. The number of hydrogen-bond acceptors (Lipinski definition) is 1. The smallest absolute Gasteiger partial charge is 0.0541 e. The Morgan fingerprint density at radius 3 is 1.60 bits per heavy atom. The lowest BCUT2D eigenvalue weighted by Gasteiger charge is -2.34. The molecular weight excluding hydrogens is 665 g/mol. The Morgan fingerprint density at radius 2 is 0.836 bits per heavy atom. The molecule has 1 aliphatic rings. The van der Waals surface area contributed by atoms with Crippen molar-refractivity contribution in [2.75, 3.05) is 4.90 Å². The summed E-state index contributed by atoms with van der Waals surface area (Å²) in [6, 6.07) is 75.5. The van der Waals surface area contributed by atoms with Crippen molar-refractivity contribution in [3.63, 3.8) is 0 Å². The number of anilines is 3. The van der Waals surface area contributed by atoms with Gasteiger partial charge in [0.05, 0.1) is 11.0 Å². The fourth-order valence-electron chi connectivity index (χ4n) is 8.67. The highest BCUT2D eigenvalue weighted by Gasteiger charge is 2.25. The van der Waals surface area contributed by atoms with E-state index in [2.05, 4.69) is 216 Å². The molecule has 9 aromatic carbocycles. The van der Waals surface area contributed by atoms with Gasteiger partial charge in [0, 0.05) is 39.9 Å². The Balaban J connectivity index is 0.973. The van der Waals surface area contributed by atoms with Gasteiger partial charge in [0.1, 0.15) is 0 Å². The standard InChI is InChI=1S/C53H36N2/c1-3-11-36(12-4-1)43-25-30-53-49(35-43)48-17-9-10-18-52(48)55(53)47-26-21-38(22-27-47)40-23-28-50-44(32-40)34-45-33-42(41-20-19-37-13-7-8-14-39(37)31-41)24-29-51(45)54(50)46-15-5-2-6-16-46/h1-33,35H,34H2. The highest BCUT2D eigenvalue weighted by Crippen LogP contribution is 2.46. The first kappa shape index (κ1) is 31.4. The van der Waals surface area contributed by atoms with Gasteiger partial charge in [-0.3, -0.25) is 0 Å². The van der Waals surface area contributed by atoms with E-state index in [1.165, 1.54) is 94.1 Å². The monoisotopic (exact) mass is 700 g/mol. The number of fused-ring (bicyclic) bond motifs is 6. The fourth-order valence-corrected chi connectivity index (χ4v) is 8.67. The van der Waals surface area contributed by atoms with Gasteiger partial charge in [-0.15, -0.1) is 0 Å². The molecular formula is C53H36N2. The van der Waals surface area contributed by atoms with Gasteiger partial charge < -0.3 is 9.47 Å². The zero-order valence-corrected chi connectivity index (χ0v) is 30.2. The highest BCUT2D eigenvalue weighted by atomic mass is 15.2. The van der Waals surface area contributed by atoms with Crippen LogP contribution in [0.25, 0.3) is 71.6 Å². The average Bonchev–Trinajstić information content (AvgIpc) is 3.59. The van der Waals surface area contributed by atoms with E-state index in [-0.39, 0.29) is 0 Å². The first-order chi connectivity index (χ1) is 27.2. The maximum absolute atomic E-state index is 2.43. The van der Waals surface area contributed by atoms with Crippen molar-refractivity contribution >= 4 is 49.6 Å². The number of aromatic nitrogens is 1. The maximum Gasteiger partial charge on any atom is 0.0541 e. The Bertz CT molecular complexity index is 3050. The summed E-state index contributed by atoms with van der Waals surface area (Å²) in [6.45, 7) is 0. The molecule has 0 atom stereocenters. The average molecular weight is 701 g/mol. The van der Waals surface area contributed by atoms with Crippen LogP contribution in [0.2, 0.25) is 0 Å². The van der Waals surface area contributed by atoms with E-state index in [0.29, 0.717) is 0 Å². The van der Waals surface area contributed by atoms with Crippen LogP contribution in [0.3, 0.4) is 0 Å². The Morgan fingerprint density at radius 1 is 0.309 bits per heavy atom. The second kappa shape index (κ2) is 12.8. The third-order valence-electron chi connectivity index (χ3n) is 11.4. The zero-order chi connectivity index (χ0) is 36.3. The molecule has 55 heavy (non-hydrogen) atoms. The van der Waals surface area contributed by atoms with Crippen LogP contribution < -0.4 is 4.90 Å². The Hall–Kier alpha value is -7.16. The lowest BCUT2D eigenvalue weighted by Crippen LogP contribution is -2.18. The minimum absolute atomic E-state index is 0.869. The van der Waals surface area contributed by atoms with Crippen LogP contribution in [-0.4, -0.2) is 4.57 Å². The highest BCUT2D eigenvalue weighted by molar-refractivity contribution is 6.10. The van der Waals surface area contributed by atoms with E-state index in [4.69, 9.17) is 0 Å². The number of benzene rings is 9. The molecule has 2 heteroatoms. The van der Waals surface area contributed by atoms with Crippen LogP contribution in [-0.2, 0) is 6.42 Å². The van der Waals surface area contributed by atoms with Crippen molar-refractivity contribution in [1.29, 1.82) is 0 Å². The molecule has 258 valence electrons. The summed E-state index contributed by atoms with van der Waals surface area (Å²) >= 11 is 0. The van der Waals surface area contributed by atoms with Gasteiger partial charge in [0.2, 0.25) is 0 Å². The summed E-state index contributed by atoms with van der Waals surface area (Å²) in [4.78, 5) is 2.43. The Labute approximate surface area is 320 Å². The van der Waals surface area contributed by atoms with Crippen molar-refractivity contribution < 1.29 is 0 Å². The molecule has 2 heterocycles. The minimum atomic E-state index is 0.869. The largest absolute Gasteiger partial charge is 0.310 e. The lowest BCUT2D eigenvalue weighted by molar-refractivity contribution is 1.09. The second-order valence-electron chi connectivity index (χ2n) is 14.6. The van der Waals surface area contributed by atoms with E-state index in [0.717, 1.165) is 12.1 Å². The summed E-state index contributed by atoms with van der Waals surface area (Å²) in [5.41, 5.74) is 17.3. The van der Waals surface area contributed by atoms with E-state index < -0.39 is 0 Å². The summed E-state index contributed by atoms with van der Waals surface area (Å²) in [5.74, 6) is 0. The molecule has 0 saturated carbocycles. The van der Waals surface area contributed by atoms with E-state index in [1.807, 2.05) is 0 Å². The predicted octanol–water partition coefficient (Wildman–Crippen LogP) is 14.3. The van der Waals surface area contributed by atoms with Gasteiger partial charge in [-0.2, -0.15) is 0 Å². The van der Waals surface area contributed by atoms with Crippen molar-refractivity contribution in [1.82, 2.24) is 4.57 Å². The Kier molecular flexibility index (Phi) is 7.28.